The van der Waals surface area contributed by atoms with E-state index < -0.39 is 33.3 Å². The van der Waals surface area contributed by atoms with Gasteiger partial charge in [-0.05, 0) is 42.5 Å². The maximum Gasteiger partial charge on any atom is 0.433 e. The predicted molar refractivity (Wildman–Crippen MR) is 132 cm³/mol. The monoisotopic (exact) mass is 560 g/mol. The molecule has 200 valence electrons. The van der Waals surface area contributed by atoms with Crippen LogP contribution in [0.1, 0.15) is 5.69 Å². The van der Waals surface area contributed by atoms with Crippen LogP contribution < -0.4 is 15.0 Å². The Balaban J connectivity index is 1.63. The van der Waals surface area contributed by atoms with Gasteiger partial charge in [0.1, 0.15) is 23.5 Å². The Bertz CT molecular complexity index is 1870. The second-order valence-electron chi connectivity index (χ2n) is 8.13. The molecule has 0 atom stereocenters. The normalized spacial score (nSPS) is 12.0. The van der Waals surface area contributed by atoms with E-state index in [0.717, 1.165) is 34.9 Å². The molecule has 9 nitrogen and oxygen atoms in total. The number of sulfonamides is 1. The predicted octanol–water partition coefficient (Wildman–Crippen LogP) is 5.01. The van der Waals surface area contributed by atoms with E-state index in [-0.39, 0.29) is 38.9 Å². The van der Waals surface area contributed by atoms with Gasteiger partial charge in [-0.2, -0.15) is 13.2 Å². The summed E-state index contributed by atoms with van der Waals surface area (Å²) in [5.74, 6) is -1.03. The number of hydrogen-bond acceptors (Lipinski definition) is 7. The average Bonchev–Trinajstić information content (AvgIpc) is 3.40. The van der Waals surface area contributed by atoms with Crippen molar-refractivity contribution >= 4 is 26.7 Å². The summed E-state index contributed by atoms with van der Waals surface area (Å²) < 4.78 is 93.6. The molecule has 0 radical (unpaired) electrons. The molecule has 1 N–H and O–H groups in total. The molecule has 0 saturated heterocycles. The van der Waals surface area contributed by atoms with Crippen LogP contribution >= 0.6 is 0 Å². The van der Waals surface area contributed by atoms with Crippen LogP contribution in [0.3, 0.4) is 0 Å². The van der Waals surface area contributed by atoms with Crippen molar-refractivity contribution < 1.29 is 35.2 Å². The molecule has 39 heavy (non-hydrogen) atoms. The molecule has 0 amide bonds. The summed E-state index contributed by atoms with van der Waals surface area (Å²) in [5, 5.41) is 3.82. The smallest absolute Gasteiger partial charge is 0.433 e. The third kappa shape index (κ3) is 4.93. The van der Waals surface area contributed by atoms with Gasteiger partial charge in [-0.25, -0.2) is 17.8 Å². The van der Waals surface area contributed by atoms with Gasteiger partial charge in [0.05, 0.1) is 28.9 Å². The first-order chi connectivity index (χ1) is 18.5. The number of pyridine rings is 2. The van der Waals surface area contributed by atoms with E-state index in [0.29, 0.717) is 5.39 Å². The number of fused-ring (bicyclic) bond motifs is 1. The first-order valence-electron chi connectivity index (χ1n) is 11.0. The van der Waals surface area contributed by atoms with Gasteiger partial charge in [0, 0.05) is 29.1 Å². The number of nitrogens with zero attached hydrogens (tertiary/aromatic N) is 3. The zero-order valence-electron chi connectivity index (χ0n) is 19.7. The molecular weight excluding hydrogens is 544 g/mol. The van der Waals surface area contributed by atoms with Gasteiger partial charge >= 0.3 is 6.18 Å². The van der Waals surface area contributed by atoms with E-state index in [1.807, 2.05) is 0 Å². The Labute approximate surface area is 217 Å². The second-order valence-corrected chi connectivity index (χ2v) is 9.81. The summed E-state index contributed by atoms with van der Waals surface area (Å²) in [7, 11) is -2.82. The first-order valence-corrected chi connectivity index (χ1v) is 12.5. The molecule has 14 heteroatoms. The van der Waals surface area contributed by atoms with Crippen LogP contribution in [0.5, 0.6) is 5.75 Å². The standard InChI is InChI=1S/C25H16F4N4O5S/c1-37-21-12-16(18-3-2-4-22(30-18)25(27,28)29)17(26)13-20(21)33-19-7-6-15(11-14(19)5-8-24(33)34)39(35,36)32-23-9-10-38-31-23/h2-13H,1H3,(H,31,32). The molecule has 0 aliphatic carbocycles. The largest absolute Gasteiger partial charge is 0.495 e. The van der Waals surface area contributed by atoms with Crippen molar-refractivity contribution in [3.05, 3.63) is 94.9 Å². The van der Waals surface area contributed by atoms with Crippen LogP contribution in [0.15, 0.2) is 87.2 Å². The fourth-order valence-corrected chi connectivity index (χ4v) is 4.95. The van der Waals surface area contributed by atoms with E-state index in [2.05, 4.69) is 19.4 Å². The van der Waals surface area contributed by atoms with E-state index in [4.69, 9.17) is 4.74 Å². The van der Waals surface area contributed by atoms with Crippen LogP contribution in [0, 0.1) is 5.82 Å². The number of ether oxygens (including phenoxy) is 1. The minimum atomic E-state index is -4.73. The van der Waals surface area contributed by atoms with Crippen molar-refractivity contribution in [1.29, 1.82) is 0 Å². The van der Waals surface area contributed by atoms with Crippen LogP contribution in [-0.2, 0) is 16.2 Å². The molecule has 0 aliphatic heterocycles. The van der Waals surface area contributed by atoms with Gasteiger partial charge in [-0.1, -0.05) is 11.2 Å². The van der Waals surface area contributed by atoms with Crippen LogP contribution in [0.2, 0.25) is 0 Å². The lowest BCUT2D eigenvalue weighted by Gasteiger charge is -2.16. The van der Waals surface area contributed by atoms with Gasteiger partial charge in [0.2, 0.25) is 0 Å². The van der Waals surface area contributed by atoms with Gasteiger partial charge in [0.25, 0.3) is 15.6 Å². The summed E-state index contributed by atoms with van der Waals surface area (Å²) >= 11 is 0. The quantitative estimate of drug-likeness (QED) is 0.290. The molecule has 0 unspecified atom stereocenters. The van der Waals surface area contributed by atoms with Crippen LogP contribution in [0.4, 0.5) is 23.4 Å². The molecule has 0 aliphatic rings. The molecule has 2 aromatic carbocycles. The summed E-state index contributed by atoms with van der Waals surface area (Å²) in [6.07, 6.45) is -3.54. The summed E-state index contributed by atoms with van der Waals surface area (Å²) in [5.41, 5.74) is -2.20. The third-order valence-electron chi connectivity index (χ3n) is 5.68. The number of hydrogen-bond donors (Lipinski definition) is 1. The minimum absolute atomic E-state index is 0.0318. The fourth-order valence-electron chi connectivity index (χ4n) is 3.92. The molecule has 5 aromatic rings. The lowest BCUT2D eigenvalue weighted by Crippen LogP contribution is -2.19. The zero-order chi connectivity index (χ0) is 27.9. The number of anilines is 1. The molecule has 0 fully saturated rings. The maximum absolute atomic E-state index is 15.3. The van der Waals surface area contributed by atoms with Gasteiger partial charge < -0.3 is 9.26 Å². The van der Waals surface area contributed by atoms with E-state index in [1.54, 1.807) is 0 Å². The highest BCUT2D eigenvalue weighted by atomic mass is 32.2. The second kappa shape index (κ2) is 9.54. The average molecular weight is 560 g/mol. The van der Waals surface area contributed by atoms with Crippen molar-refractivity contribution in [2.75, 3.05) is 11.8 Å². The molecule has 3 heterocycles. The Morgan fingerprint density at radius 1 is 1.03 bits per heavy atom. The first kappa shape index (κ1) is 25.9. The highest BCUT2D eigenvalue weighted by Gasteiger charge is 2.32. The number of alkyl halides is 3. The topological polar surface area (TPSA) is 116 Å². The third-order valence-corrected chi connectivity index (χ3v) is 7.03. The maximum atomic E-state index is 15.3. The van der Waals surface area contributed by atoms with E-state index >= 15 is 4.39 Å². The number of aromatic nitrogens is 3. The number of halogens is 4. The summed E-state index contributed by atoms with van der Waals surface area (Å²) in [6.45, 7) is 0. The molecule has 0 bridgehead atoms. The van der Waals surface area contributed by atoms with Crippen LogP contribution in [-0.4, -0.2) is 30.2 Å². The highest BCUT2D eigenvalue weighted by molar-refractivity contribution is 7.92. The minimum Gasteiger partial charge on any atom is -0.495 e. The van der Waals surface area contributed by atoms with E-state index in [1.165, 1.54) is 49.8 Å². The highest BCUT2D eigenvalue weighted by Crippen LogP contribution is 2.35. The summed E-state index contributed by atoms with van der Waals surface area (Å²) in [4.78, 5) is 16.3. The Morgan fingerprint density at radius 3 is 2.51 bits per heavy atom. The molecule has 5 rings (SSSR count). The van der Waals surface area contributed by atoms with Gasteiger partial charge in [-0.15, -0.1) is 0 Å². The van der Waals surface area contributed by atoms with Crippen molar-refractivity contribution in [2.45, 2.75) is 11.1 Å². The number of methoxy groups -OCH3 is 1. The Hall–Kier alpha value is -4.72. The zero-order valence-corrected chi connectivity index (χ0v) is 20.5. The lowest BCUT2D eigenvalue weighted by atomic mass is 10.1. The Kier molecular flexibility index (Phi) is 6.34. The number of benzene rings is 2. The Morgan fingerprint density at radius 2 is 1.82 bits per heavy atom. The van der Waals surface area contributed by atoms with Crippen molar-refractivity contribution in [1.82, 2.24) is 14.7 Å². The van der Waals surface area contributed by atoms with E-state index in [9.17, 15) is 26.4 Å². The SMILES string of the molecule is COc1cc(-c2cccc(C(F)(F)F)n2)c(F)cc1-n1c(=O)ccc2cc(S(=O)(=O)Nc3ccon3)ccc21. The van der Waals surface area contributed by atoms with Crippen molar-refractivity contribution in [3.63, 3.8) is 0 Å². The van der Waals surface area contributed by atoms with Crippen LogP contribution in [0.25, 0.3) is 27.8 Å². The lowest BCUT2D eigenvalue weighted by molar-refractivity contribution is -0.141. The fraction of sp³-hybridized carbons (Fsp3) is 0.0800. The van der Waals surface area contributed by atoms with Crippen molar-refractivity contribution in [2.24, 2.45) is 0 Å². The molecule has 0 spiro atoms. The molecule has 0 saturated carbocycles. The molecule has 3 aromatic heterocycles. The summed E-state index contributed by atoms with van der Waals surface area (Å²) in [6, 6.07) is 12.9. The van der Waals surface area contributed by atoms with Crippen molar-refractivity contribution in [3.8, 4) is 22.7 Å². The molecular formula is C25H16F4N4O5S. The number of rotatable bonds is 6. The van der Waals surface area contributed by atoms with Gasteiger partial charge in [0.15, 0.2) is 5.82 Å². The van der Waals surface area contributed by atoms with Gasteiger partial charge in [-0.3, -0.25) is 14.1 Å². The number of nitrogens with one attached hydrogen (secondary N) is 1.